The van der Waals surface area contributed by atoms with E-state index in [1.165, 1.54) is 18.2 Å². The maximum atomic E-state index is 13.1. The molecule has 0 aliphatic carbocycles. The summed E-state index contributed by atoms with van der Waals surface area (Å²) in [6.07, 6.45) is 0.0281. The topological polar surface area (TPSA) is 17.1 Å². The first-order valence-electron chi connectivity index (χ1n) is 5.29. The molecule has 2 aromatic rings. The number of hydrogen-bond acceptors (Lipinski definition) is 1. The molecule has 0 unspecified atom stereocenters. The summed E-state index contributed by atoms with van der Waals surface area (Å²) in [6, 6.07) is 10.7. The summed E-state index contributed by atoms with van der Waals surface area (Å²) in [5.41, 5.74) is 0.876. The zero-order valence-corrected chi connectivity index (χ0v) is 10.8. The maximum Gasteiger partial charge on any atom is 0.168 e. The van der Waals surface area contributed by atoms with E-state index in [2.05, 4.69) is 0 Å². The molecule has 2 aromatic carbocycles. The van der Waals surface area contributed by atoms with Gasteiger partial charge in [0.2, 0.25) is 0 Å². The van der Waals surface area contributed by atoms with Crippen molar-refractivity contribution in [3.63, 3.8) is 0 Å². The third kappa shape index (κ3) is 2.89. The Morgan fingerprint density at radius 1 is 1.06 bits per heavy atom. The van der Waals surface area contributed by atoms with Crippen LogP contribution in [0.3, 0.4) is 0 Å². The Labute approximate surface area is 114 Å². The molecule has 0 spiro atoms. The van der Waals surface area contributed by atoms with E-state index in [-0.39, 0.29) is 12.2 Å². The fourth-order valence-electron chi connectivity index (χ4n) is 1.63. The van der Waals surface area contributed by atoms with Gasteiger partial charge >= 0.3 is 0 Å². The lowest BCUT2D eigenvalue weighted by atomic mass is 10.0. The second-order valence-corrected chi connectivity index (χ2v) is 4.63. The smallest absolute Gasteiger partial charge is 0.168 e. The zero-order chi connectivity index (χ0) is 13.1. The number of benzene rings is 2. The van der Waals surface area contributed by atoms with Crippen molar-refractivity contribution in [1.29, 1.82) is 0 Å². The number of carbonyl (C=O) groups is 1. The summed E-state index contributed by atoms with van der Waals surface area (Å²) in [5.74, 6) is -0.602. The fourth-order valence-corrected chi connectivity index (χ4v) is 2.06. The summed E-state index contributed by atoms with van der Waals surface area (Å²) in [7, 11) is 0. The molecule has 0 amide bonds. The van der Waals surface area contributed by atoms with Gasteiger partial charge in [0.05, 0.1) is 5.02 Å². The molecule has 0 aliphatic heterocycles. The Kier molecular flexibility index (Phi) is 4.00. The number of rotatable bonds is 3. The van der Waals surface area contributed by atoms with Crippen LogP contribution in [0, 0.1) is 5.82 Å². The predicted octanol–water partition coefficient (Wildman–Crippen LogP) is 4.56. The van der Waals surface area contributed by atoms with Gasteiger partial charge in [-0.15, -0.1) is 0 Å². The molecule has 2 rings (SSSR count). The number of halogens is 3. The first-order valence-corrected chi connectivity index (χ1v) is 6.05. The van der Waals surface area contributed by atoms with Crippen molar-refractivity contribution in [1.82, 2.24) is 0 Å². The van der Waals surface area contributed by atoms with Crippen LogP contribution < -0.4 is 0 Å². The van der Waals surface area contributed by atoms with Crippen LogP contribution in [0.15, 0.2) is 42.5 Å². The minimum absolute atomic E-state index is 0.0281. The molecule has 0 heterocycles. The molecule has 18 heavy (non-hydrogen) atoms. The molecule has 4 heteroatoms. The van der Waals surface area contributed by atoms with Gasteiger partial charge in [-0.3, -0.25) is 4.79 Å². The second kappa shape index (κ2) is 5.51. The molecule has 0 saturated carbocycles. The van der Waals surface area contributed by atoms with Crippen molar-refractivity contribution in [3.8, 4) is 0 Å². The highest BCUT2D eigenvalue weighted by Crippen LogP contribution is 2.21. The molecule has 0 aromatic heterocycles. The van der Waals surface area contributed by atoms with Crippen molar-refractivity contribution in [2.75, 3.05) is 0 Å². The summed E-state index contributed by atoms with van der Waals surface area (Å²) in [6.45, 7) is 0. The standard InChI is InChI=1S/C14H9Cl2FO/c15-12-6-5-10(17)7-9(12)8-14(18)11-3-1-2-4-13(11)16/h1-7H,8H2. The molecular formula is C14H9Cl2FO. The lowest BCUT2D eigenvalue weighted by Crippen LogP contribution is -2.05. The van der Waals surface area contributed by atoms with Crippen LogP contribution in [0.4, 0.5) is 4.39 Å². The molecule has 0 aliphatic rings. The average molecular weight is 283 g/mol. The van der Waals surface area contributed by atoms with Gasteiger partial charge in [-0.25, -0.2) is 4.39 Å². The van der Waals surface area contributed by atoms with E-state index in [1.807, 2.05) is 0 Å². The van der Waals surface area contributed by atoms with Gasteiger partial charge in [0, 0.05) is 17.0 Å². The number of hydrogen-bond donors (Lipinski definition) is 0. The first-order chi connectivity index (χ1) is 8.58. The summed E-state index contributed by atoms with van der Waals surface area (Å²) >= 11 is 11.8. The van der Waals surface area contributed by atoms with E-state index in [4.69, 9.17) is 23.2 Å². The molecule has 0 N–H and O–H groups in total. The van der Waals surface area contributed by atoms with E-state index < -0.39 is 5.82 Å². The molecule has 0 atom stereocenters. The van der Waals surface area contributed by atoms with E-state index in [9.17, 15) is 9.18 Å². The molecule has 0 radical (unpaired) electrons. The SMILES string of the molecule is O=C(Cc1cc(F)ccc1Cl)c1ccccc1Cl. The van der Waals surface area contributed by atoms with E-state index >= 15 is 0 Å². The third-order valence-electron chi connectivity index (χ3n) is 2.53. The fraction of sp³-hybridized carbons (Fsp3) is 0.0714. The Bertz CT molecular complexity index is 596. The Morgan fingerprint density at radius 2 is 1.78 bits per heavy atom. The Balaban J connectivity index is 2.27. The molecule has 0 fully saturated rings. The summed E-state index contributed by atoms with van der Waals surface area (Å²) < 4.78 is 13.1. The van der Waals surface area contributed by atoms with Crippen molar-refractivity contribution in [2.24, 2.45) is 0 Å². The second-order valence-electron chi connectivity index (χ2n) is 3.82. The van der Waals surface area contributed by atoms with Gasteiger partial charge in [0.25, 0.3) is 0 Å². The molecule has 0 saturated heterocycles. The highest BCUT2D eigenvalue weighted by atomic mass is 35.5. The van der Waals surface area contributed by atoms with Crippen LogP contribution in [0.1, 0.15) is 15.9 Å². The number of carbonyl (C=O) groups excluding carboxylic acids is 1. The van der Waals surface area contributed by atoms with Gasteiger partial charge in [-0.05, 0) is 35.9 Å². The highest BCUT2D eigenvalue weighted by Gasteiger charge is 2.12. The van der Waals surface area contributed by atoms with Gasteiger partial charge in [-0.2, -0.15) is 0 Å². The lowest BCUT2D eigenvalue weighted by molar-refractivity contribution is 0.0993. The third-order valence-corrected chi connectivity index (χ3v) is 3.23. The molecule has 92 valence electrons. The monoisotopic (exact) mass is 282 g/mol. The normalized spacial score (nSPS) is 10.4. The van der Waals surface area contributed by atoms with E-state index in [0.29, 0.717) is 21.2 Å². The summed E-state index contributed by atoms with van der Waals surface area (Å²) in [5, 5.41) is 0.756. The highest BCUT2D eigenvalue weighted by molar-refractivity contribution is 6.34. The Hall–Kier alpha value is -1.38. The van der Waals surface area contributed by atoms with Crippen LogP contribution in [-0.2, 0) is 6.42 Å². The minimum atomic E-state index is -0.415. The van der Waals surface area contributed by atoms with E-state index in [0.717, 1.165) is 0 Å². The lowest BCUT2D eigenvalue weighted by Gasteiger charge is -2.05. The van der Waals surface area contributed by atoms with Crippen LogP contribution in [0.25, 0.3) is 0 Å². The summed E-state index contributed by atoms with van der Waals surface area (Å²) in [4.78, 5) is 12.0. The van der Waals surface area contributed by atoms with Crippen LogP contribution in [-0.4, -0.2) is 5.78 Å². The van der Waals surface area contributed by atoms with Gasteiger partial charge < -0.3 is 0 Å². The van der Waals surface area contributed by atoms with Crippen molar-refractivity contribution < 1.29 is 9.18 Å². The zero-order valence-electron chi connectivity index (χ0n) is 9.29. The largest absolute Gasteiger partial charge is 0.294 e. The van der Waals surface area contributed by atoms with Crippen LogP contribution >= 0.6 is 23.2 Å². The molecule has 1 nitrogen and oxygen atoms in total. The minimum Gasteiger partial charge on any atom is -0.294 e. The quantitative estimate of drug-likeness (QED) is 0.755. The van der Waals surface area contributed by atoms with E-state index in [1.54, 1.807) is 24.3 Å². The predicted molar refractivity (Wildman–Crippen MR) is 70.9 cm³/mol. The van der Waals surface area contributed by atoms with Crippen LogP contribution in [0.2, 0.25) is 10.0 Å². The Morgan fingerprint density at radius 3 is 2.50 bits per heavy atom. The van der Waals surface area contributed by atoms with Gasteiger partial charge in [0.15, 0.2) is 5.78 Å². The van der Waals surface area contributed by atoms with Gasteiger partial charge in [0.1, 0.15) is 5.82 Å². The maximum absolute atomic E-state index is 13.1. The molecule has 0 bridgehead atoms. The average Bonchev–Trinajstić information content (AvgIpc) is 2.34. The number of Topliss-reactive ketones (excluding diaryl/α,β-unsaturated/α-hetero) is 1. The van der Waals surface area contributed by atoms with Crippen molar-refractivity contribution in [3.05, 3.63) is 69.5 Å². The van der Waals surface area contributed by atoms with Crippen LogP contribution in [0.5, 0.6) is 0 Å². The molecular weight excluding hydrogens is 274 g/mol. The van der Waals surface area contributed by atoms with Crippen molar-refractivity contribution >= 4 is 29.0 Å². The van der Waals surface area contributed by atoms with Gasteiger partial charge in [-0.1, -0.05) is 35.3 Å². The first kappa shape index (κ1) is 13.1. The van der Waals surface area contributed by atoms with Crippen molar-refractivity contribution in [2.45, 2.75) is 6.42 Å². The number of ketones is 1.